The minimum Gasteiger partial charge on any atom is -0.376 e. The summed E-state index contributed by atoms with van der Waals surface area (Å²) in [4.78, 5) is 0.106. The first-order valence-corrected chi connectivity index (χ1v) is 11.9. The van der Waals surface area contributed by atoms with Crippen LogP contribution in [0.25, 0.3) is 12.2 Å². The highest BCUT2D eigenvalue weighted by Crippen LogP contribution is 2.23. The van der Waals surface area contributed by atoms with E-state index in [1.807, 2.05) is 6.08 Å². The molecule has 0 aromatic heterocycles. The van der Waals surface area contributed by atoms with Crippen molar-refractivity contribution in [2.24, 2.45) is 5.41 Å². The Morgan fingerprint density at radius 1 is 0.966 bits per heavy atom. The molecule has 3 nitrogen and oxygen atoms in total. The van der Waals surface area contributed by atoms with Gasteiger partial charge < -0.3 is 4.74 Å². The SMILES string of the molecule is C=Cc1ccc(COCC(C)(C)CCC)cc1.C=Cc1ccc(S(=O)(=O)Cl)cc1. The Bertz CT molecular complexity index is 867. The van der Waals surface area contributed by atoms with Gasteiger partial charge >= 0.3 is 0 Å². The molecule has 2 aromatic rings. The topological polar surface area (TPSA) is 43.4 Å². The van der Waals surface area contributed by atoms with Gasteiger partial charge in [0.25, 0.3) is 9.05 Å². The predicted molar refractivity (Wildman–Crippen MR) is 124 cm³/mol. The van der Waals surface area contributed by atoms with Crippen LogP contribution >= 0.6 is 10.7 Å². The molecule has 0 aliphatic carbocycles. The van der Waals surface area contributed by atoms with E-state index in [9.17, 15) is 8.42 Å². The smallest absolute Gasteiger partial charge is 0.261 e. The molecule has 0 spiro atoms. The summed E-state index contributed by atoms with van der Waals surface area (Å²) < 4.78 is 27.3. The number of ether oxygens (including phenoxy) is 1. The molecular formula is C24H31ClO3S. The quantitative estimate of drug-likeness (QED) is 0.402. The fraction of sp³-hybridized carbons (Fsp3) is 0.333. The van der Waals surface area contributed by atoms with Gasteiger partial charge in [0.1, 0.15) is 0 Å². The molecule has 0 aliphatic heterocycles. The first-order valence-electron chi connectivity index (χ1n) is 9.57. The zero-order chi connectivity index (χ0) is 21.9. The van der Waals surface area contributed by atoms with Crippen molar-refractivity contribution in [2.45, 2.75) is 45.1 Å². The van der Waals surface area contributed by atoms with Gasteiger partial charge in [-0.2, -0.15) is 0 Å². The van der Waals surface area contributed by atoms with E-state index >= 15 is 0 Å². The van der Waals surface area contributed by atoms with Crippen LogP contribution in [0.5, 0.6) is 0 Å². The fourth-order valence-electron chi connectivity index (χ4n) is 2.71. The monoisotopic (exact) mass is 434 g/mol. The maximum Gasteiger partial charge on any atom is 0.261 e. The third kappa shape index (κ3) is 9.93. The van der Waals surface area contributed by atoms with E-state index in [1.54, 1.807) is 18.2 Å². The van der Waals surface area contributed by atoms with Crippen LogP contribution < -0.4 is 0 Å². The molecule has 0 saturated heterocycles. The fourth-order valence-corrected chi connectivity index (χ4v) is 3.48. The molecule has 0 heterocycles. The van der Waals surface area contributed by atoms with Crippen LogP contribution in [0.4, 0.5) is 0 Å². The Morgan fingerprint density at radius 2 is 1.45 bits per heavy atom. The highest BCUT2D eigenvalue weighted by Gasteiger charge is 2.16. The van der Waals surface area contributed by atoms with E-state index in [-0.39, 0.29) is 10.3 Å². The van der Waals surface area contributed by atoms with Crippen LogP contribution in [0.2, 0.25) is 0 Å². The lowest BCUT2D eigenvalue weighted by atomic mass is 9.89. The van der Waals surface area contributed by atoms with Crippen LogP contribution in [0.3, 0.4) is 0 Å². The van der Waals surface area contributed by atoms with Crippen LogP contribution in [0.1, 0.15) is 50.3 Å². The number of hydrogen-bond donors (Lipinski definition) is 0. The standard InChI is InChI=1S/C16H24O.C8H7ClO2S/c1-5-11-16(3,4)13-17-12-15-9-7-14(6-2)8-10-15;1-2-7-3-5-8(6-4-7)12(9,10)11/h6-10H,2,5,11-13H2,1,3-4H3;2-6H,1H2. The lowest BCUT2D eigenvalue weighted by Gasteiger charge is -2.23. The zero-order valence-electron chi connectivity index (χ0n) is 17.5. The second-order valence-corrected chi connectivity index (χ2v) is 10.1. The zero-order valence-corrected chi connectivity index (χ0v) is 19.1. The Kier molecular flexibility index (Phi) is 10.4. The van der Waals surface area contributed by atoms with Crippen molar-refractivity contribution in [3.8, 4) is 0 Å². The van der Waals surface area contributed by atoms with Crippen molar-refractivity contribution in [1.29, 1.82) is 0 Å². The van der Waals surface area contributed by atoms with Gasteiger partial charge in [-0.05, 0) is 40.7 Å². The van der Waals surface area contributed by atoms with Gasteiger partial charge in [-0.25, -0.2) is 8.42 Å². The van der Waals surface area contributed by atoms with Crippen molar-refractivity contribution in [1.82, 2.24) is 0 Å². The molecule has 0 aliphatic rings. The summed E-state index contributed by atoms with van der Waals surface area (Å²) in [7, 11) is 1.51. The summed E-state index contributed by atoms with van der Waals surface area (Å²) in [5.41, 5.74) is 3.53. The minimum absolute atomic E-state index is 0.106. The normalized spacial score (nSPS) is 11.3. The second-order valence-electron chi connectivity index (χ2n) is 7.56. The third-order valence-electron chi connectivity index (χ3n) is 4.30. The molecule has 0 atom stereocenters. The van der Waals surface area contributed by atoms with E-state index in [2.05, 4.69) is 58.2 Å². The average molecular weight is 435 g/mol. The molecule has 29 heavy (non-hydrogen) atoms. The lowest BCUT2D eigenvalue weighted by molar-refractivity contribution is 0.0468. The van der Waals surface area contributed by atoms with Crippen molar-refractivity contribution in [3.63, 3.8) is 0 Å². The van der Waals surface area contributed by atoms with Gasteiger partial charge in [0.2, 0.25) is 0 Å². The molecule has 0 saturated carbocycles. The van der Waals surface area contributed by atoms with Gasteiger partial charge in [-0.15, -0.1) is 0 Å². The summed E-state index contributed by atoms with van der Waals surface area (Å²) >= 11 is 0. The van der Waals surface area contributed by atoms with Crippen molar-refractivity contribution in [2.75, 3.05) is 6.61 Å². The Labute approximate surface area is 180 Å². The molecule has 0 fully saturated rings. The maximum atomic E-state index is 10.8. The largest absolute Gasteiger partial charge is 0.376 e. The molecule has 5 heteroatoms. The lowest BCUT2D eigenvalue weighted by Crippen LogP contribution is -2.18. The number of rotatable bonds is 9. The Hall–Kier alpha value is -1.88. The summed E-state index contributed by atoms with van der Waals surface area (Å²) in [6.45, 7) is 15.5. The first-order chi connectivity index (χ1) is 13.6. The summed E-state index contributed by atoms with van der Waals surface area (Å²) in [6.07, 6.45) is 5.91. The molecule has 0 unspecified atom stereocenters. The van der Waals surface area contributed by atoms with E-state index in [1.165, 1.54) is 30.5 Å². The maximum absolute atomic E-state index is 10.8. The van der Waals surface area contributed by atoms with Crippen molar-refractivity contribution in [3.05, 3.63) is 78.4 Å². The highest BCUT2D eigenvalue weighted by atomic mass is 35.7. The van der Waals surface area contributed by atoms with Gasteiger partial charge in [0.05, 0.1) is 18.1 Å². The Balaban J connectivity index is 0.000000308. The molecule has 0 radical (unpaired) electrons. The van der Waals surface area contributed by atoms with Crippen LogP contribution in [0, 0.1) is 5.41 Å². The van der Waals surface area contributed by atoms with E-state index < -0.39 is 9.05 Å². The number of benzene rings is 2. The van der Waals surface area contributed by atoms with Gasteiger partial charge in [-0.1, -0.05) is 88.9 Å². The summed E-state index contributed by atoms with van der Waals surface area (Å²) in [6, 6.07) is 14.5. The van der Waals surface area contributed by atoms with Crippen LogP contribution in [-0.2, 0) is 20.4 Å². The van der Waals surface area contributed by atoms with E-state index in [0.717, 1.165) is 17.7 Å². The number of halogens is 1. The Morgan fingerprint density at radius 3 is 1.86 bits per heavy atom. The first kappa shape index (κ1) is 25.2. The van der Waals surface area contributed by atoms with Gasteiger partial charge in [0, 0.05) is 10.7 Å². The van der Waals surface area contributed by atoms with Crippen LogP contribution in [0.15, 0.2) is 66.6 Å². The molecule has 158 valence electrons. The van der Waals surface area contributed by atoms with Crippen molar-refractivity contribution < 1.29 is 13.2 Å². The van der Waals surface area contributed by atoms with Crippen molar-refractivity contribution >= 4 is 31.9 Å². The molecular weight excluding hydrogens is 404 g/mol. The minimum atomic E-state index is -3.59. The van der Waals surface area contributed by atoms with Gasteiger partial charge in [0.15, 0.2) is 0 Å². The molecule has 2 rings (SSSR count). The molecule has 0 N–H and O–H groups in total. The summed E-state index contributed by atoms with van der Waals surface area (Å²) in [5, 5.41) is 0. The van der Waals surface area contributed by atoms with E-state index in [4.69, 9.17) is 15.4 Å². The molecule has 2 aromatic carbocycles. The third-order valence-corrected chi connectivity index (χ3v) is 5.67. The van der Waals surface area contributed by atoms with E-state index in [0.29, 0.717) is 6.61 Å². The number of hydrogen-bond acceptors (Lipinski definition) is 3. The molecule has 0 amide bonds. The molecule has 0 bridgehead atoms. The average Bonchev–Trinajstić information content (AvgIpc) is 2.68. The highest BCUT2D eigenvalue weighted by molar-refractivity contribution is 8.13. The predicted octanol–water partition coefficient (Wildman–Crippen LogP) is 6.93. The second kappa shape index (κ2) is 12.0. The summed E-state index contributed by atoms with van der Waals surface area (Å²) in [5.74, 6) is 0. The van der Waals surface area contributed by atoms with Crippen LogP contribution in [-0.4, -0.2) is 15.0 Å². The van der Waals surface area contributed by atoms with Gasteiger partial charge in [-0.3, -0.25) is 0 Å².